The Morgan fingerprint density at radius 3 is 2.78 bits per heavy atom. The maximum absolute atomic E-state index is 12.4. The second-order valence-corrected chi connectivity index (χ2v) is 9.59. The van der Waals surface area contributed by atoms with Crippen molar-refractivity contribution in [2.45, 2.75) is 18.9 Å². The van der Waals surface area contributed by atoms with Crippen molar-refractivity contribution < 1.29 is 24.3 Å². The van der Waals surface area contributed by atoms with Crippen molar-refractivity contribution >= 4 is 33.9 Å². The summed E-state index contributed by atoms with van der Waals surface area (Å²) in [5.41, 5.74) is 1.22. The lowest BCUT2D eigenvalue weighted by Gasteiger charge is -2.16. The van der Waals surface area contributed by atoms with E-state index in [4.69, 9.17) is 4.52 Å². The topological polar surface area (TPSA) is 165 Å². The molecule has 1 aromatic carbocycles. The molecule has 0 bridgehead atoms. The van der Waals surface area contributed by atoms with Gasteiger partial charge in [-0.1, -0.05) is 34.7 Å². The van der Waals surface area contributed by atoms with Gasteiger partial charge in [0.15, 0.2) is 11.5 Å². The Morgan fingerprint density at radius 1 is 1.30 bits per heavy atom. The number of anilines is 2. The number of aromatic nitrogens is 3. The molecule has 3 N–H and O–H groups in total. The van der Waals surface area contributed by atoms with Crippen molar-refractivity contribution in [1.82, 2.24) is 20.0 Å². The molecule has 1 atom stereocenters. The SMILES string of the molecule is Cc1ncc(C#N)cc1Nc1sc(-c2cccc(-c3cc(C4(O)CCN(C)C4=O)on3)c2)nc1C(=O)O. The number of likely N-dealkylation sites (N-methyl/N-ethyl adjacent to an activating group) is 1. The zero-order valence-electron chi connectivity index (χ0n) is 19.7. The Hall–Kier alpha value is -4.60. The summed E-state index contributed by atoms with van der Waals surface area (Å²) < 4.78 is 5.34. The molecule has 4 aromatic rings. The minimum atomic E-state index is -1.75. The van der Waals surface area contributed by atoms with Gasteiger partial charge in [-0.15, -0.1) is 0 Å². The van der Waals surface area contributed by atoms with Crippen LogP contribution in [0.15, 0.2) is 47.1 Å². The molecule has 186 valence electrons. The van der Waals surface area contributed by atoms with Crippen LogP contribution in [0.2, 0.25) is 0 Å². The number of aryl methyl sites for hydroxylation is 1. The number of nitrogens with one attached hydrogen (secondary N) is 1. The van der Waals surface area contributed by atoms with Gasteiger partial charge in [-0.25, -0.2) is 9.78 Å². The number of benzene rings is 1. The number of hydrogen-bond donors (Lipinski definition) is 3. The first-order chi connectivity index (χ1) is 17.7. The highest BCUT2D eigenvalue weighted by Crippen LogP contribution is 2.38. The Labute approximate surface area is 214 Å². The number of carboxylic acid groups (broad SMARTS) is 1. The van der Waals surface area contributed by atoms with Crippen LogP contribution in [0.3, 0.4) is 0 Å². The molecule has 4 heterocycles. The van der Waals surface area contributed by atoms with Crippen LogP contribution in [0.5, 0.6) is 0 Å². The van der Waals surface area contributed by atoms with E-state index < -0.39 is 17.5 Å². The van der Waals surface area contributed by atoms with E-state index in [1.807, 2.05) is 6.07 Å². The van der Waals surface area contributed by atoms with Crippen LogP contribution in [-0.4, -0.2) is 55.7 Å². The van der Waals surface area contributed by atoms with Crippen molar-refractivity contribution in [2.24, 2.45) is 0 Å². The van der Waals surface area contributed by atoms with Crippen molar-refractivity contribution in [1.29, 1.82) is 5.26 Å². The summed E-state index contributed by atoms with van der Waals surface area (Å²) >= 11 is 1.14. The van der Waals surface area contributed by atoms with E-state index >= 15 is 0 Å². The molecule has 0 saturated carbocycles. The van der Waals surface area contributed by atoms with E-state index in [-0.39, 0.29) is 17.9 Å². The fourth-order valence-electron chi connectivity index (χ4n) is 4.02. The number of rotatable bonds is 6. The maximum Gasteiger partial charge on any atom is 0.357 e. The number of thiazole rings is 1. The molecule has 3 aromatic heterocycles. The second-order valence-electron chi connectivity index (χ2n) is 8.59. The van der Waals surface area contributed by atoms with E-state index in [9.17, 15) is 25.1 Å². The number of amides is 1. The molecule has 1 amide bonds. The molecular weight excluding hydrogens is 496 g/mol. The van der Waals surface area contributed by atoms with Gasteiger partial charge in [-0.2, -0.15) is 5.26 Å². The predicted molar refractivity (Wildman–Crippen MR) is 133 cm³/mol. The number of carbonyl (C=O) groups excluding carboxylic acids is 1. The average molecular weight is 517 g/mol. The number of hydrogen-bond acceptors (Lipinski definition) is 10. The zero-order valence-corrected chi connectivity index (χ0v) is 20.5. The van der Waals surface area contributed by atoms with Crippen LogP contribution in [0.25, 0.3) is 21.8 Å². The number of nitrogens with zero attached hydrogens (tertiary/aromatic N) is 5. The monoisotopic (exact) mass is 516 g/mol. The lowest BCUT2D eigenvalue weighted by Crippen LogP contribution is -2.35. The lowest BCUT2D eigenvalue weighted by molar-refractivity contribution is -0.144. The highest BCUT2D eigenvalue weighted by Gasteiger charge is 2.48. The first kappa shape index (κ1) is 24.1. The summed E-state index contributed by atoms with van der Waals surface area (Å²) in [6.45, 7) is 2.15. The molecular formula is C25H20N6O5S. The van der Waals surface area contributed by atoms with Crippen LogP contribution in [0.1, 0.15) is 33.9 Å². The van der Waals surface area contributed by atoms with Crippen molar-refractivity contribution in [3.05, 3.63) is 65.3 Å². The minimum Gasteiger partial charge on any atom is -0.476 e. The number of likely N-dealkylation sites (tertiary alicyclic amines) is 1. The van der Waals surface area contributed by atoms with Gasteiger partial charge in [0, 0.05) is 43.4 Å². The van der Waals surface area contributed by atoms with Gasteiger partial charge >= 0.3 is 5.97 Å². The van der Waals surface area contributed by atoms with E-state index in [0.717, 1.165) is 11.3 Å². The summed E-state index contributed by atoms with van der Waals surface area (Å²) in [6.07, 6.45) is 1.65. The summed E-state index contributed by atoms with van der Waals surface area (Å²) in [4.78, 5) is 34.2. The molecule has 0 radical (unpaired) electrons. The molecule has 1 aliphatic heterocycles. The third kappa shape index (κ3) is 4.31. The largest absolute Gasteiger partial charge is 0.476 e. The standard InChI is InChI=1S/C25H20N6O5S/c1-13-17(8-14(11-26)12-27-13)28-22-20(23(32)33)29-21(37-22)16-5-3-4-15(9-16)18-10-19(36-30-18)25(35)6-7-31(2)24(25)34/h3-5,8-10,12,28,35H,6-7H2,1-2H3,(H,32,33). The van der Waals surface area contributed by atoms with Gasteiger partial charge in [-0.05, 0) is 19.1 Å². The van der Waals surface area contributed by atoms with Gasteiger partial charge in [0.05, 0.1) is 16.9 Å². The highest BCUT2D eigenvalue weighted by molar-refractivity contribution is 7.19. The lowest BCUT2D eigenvalue weighted by atomic mass is 9.98. The van der Waals surface area contributed by atoms with E-state index in [2.05, 4.69) is 20.4 Å². The number of aliphatic hydroxyl groups is 1. The molecule has 1 unspecified atom stereocenters. The Kier molecular flexibility index (Phi) is 5.94. The Morgan fingerprint density at radius 2 is 2.08 bits per heavy atom. The maximum atomic E-state index is 12.4. The number of carboxylic acids is 1. The van der Waals surface area contributed by atoms with E-state index in [0.29, 0.717) is 50.3 Å². The number of nitriles is 1. The molecule has 11 nitrogen and oxygen atoms in total. The van der Waals surface area contributed by atoms with Gasteiger partial charge in [0.1, 0.15) is 21.8 Å². The third-order valence-electron chi connectivity index (χ3n) is 6.13. The summed E-state index contributed by atoms with van der Waals surface area (Å²) in [6, 6.07) is 12.2. The molecule has 1 aliphatic rings. The minimum absolute atomic E-state index is 0.0692. The molecule has 1 fully saturated rings. The summed E-state index contributed by atoms with van der Waals surface area (Å²) in [5, 5.41) is 37.6. The quantitative estimate of drug-likeness (QED) is 0.345. The van der Waals surface area contributed by atoms with E-state index in [1.165, 1.54) is 17.2 Å². The smallest absolute Gasteiger partial charge is 0.357 e. The van der Waals surface area contributed by atoms with Gasteiger partial charge in [0.2, 0.25) is 5.60 Å². The normalized spacial score (nSPS) is 17.1. The van der Waals surface area contributed by atoms with E-state index in [1.54, 1.807) is 44.3 Å². The van der Waals surface area contributed by atoms with Crippen LogP contribution in [0, 0.1) is 18.3 Å². The van der Waals surface area contributed by atoms with Crippen LogP contribution in [0.4, 0.5) is 10.7 Å². The number of carbonyl (C=O) groups is 2. The van der Waals surface area contributed by atoms with Crippen LogP contribution < -0.4 is 5.32 Å². The first-order valence-corrected chi connectivity index (χ1v) is 11.9. The van der Waals surface area contributed by atoms with Gasteiger partial charge < -0.3 is 25.0 Å². The Balaban J connectivity index is 1.47. The van der Waals surface area contributed by atoms with Crippen LogP contribution in [-0.2, 0) is 10.4 Å². The van der Waals surface area contributed by atoms with Crippen molar-refractivity contribution in [3.63, 3.8) is 0 Å². The fraction of sp³-hybridized carbons (Fsp3) is 0.200. The summed E-state index contributed by atoms with van der Waals surface area (Å²) in [7, 11) is 1.61. The Bertz CT molecular complexity index is 1590. The zero-order chi connectivity index (χ0) is 26.3. The summed E-state index contributed by atoms with van der Waals surface area (Å²) in [5.74, 6) is -1.58. The molecule has 5 rings (SSSR count). The number of aromatic carboxylic acids is 1. The molecule has 0 spiro atoms. The number of pyridine rings is 1. The molecule has 0 aliphatic carbocycles. The molecule has 12 heteroatoms. The van der Waals surface area contributed by atoms with Crippen LogP contribution >= 0.6 is 11.3 Å². The second kappa shape index (κ2) is 9.12. The van der Waals surface area contributed by atoms with Gasteiger partial charge in [0.25, 0.3) is 5.91 Å². The fourth-order valence-corrected chi connectivity index (χ4v) is 4.98. The highest BCUT2D eigenvalue weighted by atomic mass is 32.1. The average Bonchev–Trinajstić information content (AvgIpc) is 3.62. The third-order valence-corrected chi connectivity index (χ3v) is 7.15. The van der Waals surface area contributed by atoms with Crippen molar-refractivity contribution in [3.8, 4) is 27.9 Å². The first-order valence-electron chi connectivity index (χ1n) is 11.1. The molecule has 37 heavy (non-hydrogen) atoms. The van der Waals surface area contributed by atoms with Crippen molar-refractivity contribution in [2.75, 3.05) is 18.9 Å². The predicted octanol–water partition coefficient (Wildman–Crippen LogP) is 3.53. The van der Waals surface area contributed by atoms with Gasteiger partial charge in [-0.3, -0.25) is 9.78 Å². The molecule has 1 saturated heterocycles.